The van der Waals surface area contributed by atoms with Crippen molar-refractivity contribution < 1.29 is 9.21 Å². The molecule has 0 bridgehead atoms. The zero-order chi connectivity index (χ0) is 16.4. The van der Waals surface area contributed by atoms with Gasteiger partial charge in [0.2, 0.25) is 11.8 Å². The summed E-state index contributed by atoms with van der Waals surface area (Å²) in [6.45, 7) is 10.0. The number of rotatable bonds is 3. The predicted molar refractivity (Wildman–Crippen MR) is 91.1 cm³/mol. The second-order valence-electron chi connectivity index (χ2n) is 6.94. The van der Waals surface area contributed by atoms with E-state index in [1.807, 2.05) is 43.2 Å². The summed E-state index contributed by atoms with van der Waals surface area (Å²) in [6.07, 6.45) is 1.74. The molecule has 0 saturated carbocycles. The van der Waals surface area contributed by atoms with Crippen molar-refractivity contribution in [2.75, 3.05) is 26.2 Å². The molecule has 3 rings (SSSR count). The topological polar surface area (TPSA) is 49.6 Å². The Morgan fingerprint density at radius 3 is 2.65 bits per heavy atom. The van der Waals surface area contributed by atoms with Crippen LogP contribution in [0.1, 0.15) is 26.5 Å². The van der Waals surface area contributed by atoms with E-state index in [0.717, 1.165) is 43.3 Å². The molecule has 0 atom stereocenters. The summed E-state index contributed by atoms with van der Waals surface area (Å²) in [4.78, 5) is 22.2. The number of piperazine rings is 1. The van der Waals surface area contributed by atoms with Crippen molar-refractivity contribution in [3.63, 3.8) is 0 Å². The largest absolute Gasteiger partial charge is 0.444 e. The Kier molecular flexibility index (Phi) is 4.55. The third-order valence-electron chi connectivity index (χ3n) is 3.97. The van der Waals surface area contributed by atoms with Crippen LogP contribution in [-0.4, -0.2) is 46.9 Å². The van der Waals surface area contributed by atoms with Crippen molar-refractivity contribution in [3.05, 3.63) is 29.5 Å². The van der Waals surface area contributed by atoms with Gasteiger partial charge in [0.05, 0.1) is 10.6 Å². The molecule has 0 spiro atoms. The van der Waals surface area contributed by atoms with Crippen LogP contribution in [0.15, 0.2) is 28.2 Å². The summed E-state index contributed by atoms with van der Waals surface area (Å²) in [5, 5.41) is 2.02. The minimum atomic E-state index is -0.302. The van der Waals surface area contributed by atoms with Crippen LogP contribution < -0.4 is 0 Å². The molecule has 0 radical (unpaired) electrons. The fourth-order valence-electron chi connectivity index (χ4n) is 2.71. The Balaban J connectivity index is 1.54. The Morgan fingerprint density at radius 2 is 2.04 bits per heavy atom. The van der Waals surface area contributed by atoms with E-state index < -0.39 is 0 Å². The van der Waals surface area contributed by atoms with Gasteiger partial charge in [0.1, 0.15) is 6.26 Å². The van der Waals surface area contributed by atoms with Crippen molar-refractivity contribution in [2.45, 2.75) is 27.3 Å². The van der Waals surface area contributed by atoms with E-state index in [0.29, 0.717) is 5.89 Å². The first kappa shape index (κ1) is 16.2. The second-order valence-corrected chi connectivity index (χ2v) is 7.89. The molecule has 1 saturated heterocycles. The Hall–Kier alpha value is -1.66. The summed E-state index contributed by atoms with van der Waals surface area (Å²) in [5.41, 5.74) is 0.646. The maximum absolute atomic E-state index is 12.3. The lowest BCUT2D eigenvalue weighted by molar-refractivity contribution is -0.141. The van der Waals surface area contributed by atoms with Crippen molar-refractivity contribution in [3.8, 4) is 10.8 Å². The smallest absolute Gasteiger partial charge is 0.236 e. The highest BCUT2D eigenvalue weighted by molar-refractivity contribution is 7.13. The highest BCUT2D eigenvalue weighted by Gasteiger charge is 2.29. The van der Waals surface area contributed by atoms with Crippen LogP contribution in [0.3, 0.4) is 0 Å². The number of nitrogens with zero attached hydrogens (tertiary/aromatic N) is 3. The monoisotopic (exact) mass is 333 g/mol. The van der Waals surface area contributed by atoms with Gasteiger partial charge in [-0.15, -0.1) is 11.3 Å². The van der Waals surface area contributed by atoms with Crippen LogP contribution in [0, 0.1) is 5.41 Å². The number of oxazole rings is 1. The maximum atomic E-state index is 12.3. The Morgan fingerprint density at radius 1 is 1.30 bits per heavy atom. The molecular weight excluding hydrogens is 310 g/mol. The van der Waals surface area contributed by atoms with Gasteiger partial charge in [-0.3, -0.25) is 9.69 Å². The molecule has 1 aliphatic heterocycles. The van der Waals surface area contributed by atoms with Gasteiger partial charge in [-0.1, -0.05) is 26.8 Å². The minimum absolute atomic E-state index is 0.235. The molecular formula is C17H23N3O2S. The zero-order valence-electron chi connectivity index (χ0n) is 13.9. The lowest BCUT2D eigenvalue weighted by Crippen LogP contribution is -2.51. The van der Waals surface area contributed by atoms with Gasteiger partial charge in [0, 0.05) is 38.1 Å². The summed E-state index contributed by atoms with van der Waals surface area (Å²) < 4.78 is 5.56. The molecule has 2 aromatic rings. The van der Waals surface area contributed by atoms with Crippen molar-refractivity contribution in [1.82, 2.24) is 14.8 Å². The van der Waals surface area contributed by atoms with Crippen molar-refractivity contribution in [2.24, 2.45) is 5.41 Å². The van der Waals surface area contributed by atoms with Gasteiger partial charge >= 0.3 is 0 Å². The molecule has 5 nitrogen and oxygen atoms in total. The molecule has 3 heterocycles. The van der Waals surface area contributed by atoms with Crippen LogP contribution >= 0.6 is 11.3 Å². The number of carbonyl (C=O) groups excluding carboxylic acids is 1. The molecule has 124 valence electrons. The first-order valence-corrected chi connectivity index (χ1v) is 8.81. The quantitative estimate of drug-likeness (QED) is 0.866. The standard InChI is InChI=1S/C17H23N3O2S/c1-17(2,3)16(21)20-8-6-19(7-9-20)11-13-12-22-15(18-13)14-5-4-10-23-14/h4-5,10,12H,6-9,11H2,1-3H3. The molecule has 0 N–H and O–H groups in total. The van der Waals surface area contributed by atoms with Crippen LogP contribution in [0.2, 0.25) is 0 Å². The molecule has 1 fully saturated rings. The van der Waals surface area contributed by atoms with E-state index in [9.17, 15) is 4.79 Å². The fourth-order valence-corrected chi connectivity index (χ4v) is 3.36. The highest BCUT2D eigenvalue weighted by atomic mass is 32.1. The Labute approximate surface area is 140 Å². The third kappa shape index (κ3) is 3.82. The van der Waals surface area contributed by atoms with E-state index in [1.54, 1.807) is 17.6 Å². The first-order valence-electron chi connectivity index (χ1n) is 7.93. The number of amides is 1. The summed E-state index contributed by atoms with van der Waals surface area (Å²) >= 11 is 1.63. The zero-order valence-corrected chi connectivity index (χ0v) is 14.7. The summed E-state index contributed by atoms with van der Waals surface area (Å²) in [5.74, 6) is 0.926. The molecule has 0 unspecified atom stereocenters. The first-order chi connectivity index (χ1) is 10.9. The second kappa shape index (κ2) is 6.45. The number of hydrogen-bond donors (Lipinski definition) is 0. The number of thiophene rings is 1. The lowest BCUT2D eigenvalue weighted by atomic mass is 9.94. The molecule has 0 aromatic carbocycles. The minimum Gasteiger partial charge on any atom is -0.444 e. The number of aromatic nitrogens is 1. The van der Waals surface area contributed by atoms with Gasteiger partial charge < -0.3 is 9.32 Å². The van der Waals surface area contributed by atoms with Gasteiger partial charge in [-0.05, 0) is 11.4 Å². The fraction of sp³-hybridized carbons (Fsp3) is 0.529. The van der Waals surface area contributed by atoms with Gasteiger partial charge in [-0.25, -0.2) is 4.98 Å². The molecule has 2 aromatic heterocycles. The maximum Gasteiger partial charge on any atom is 0.236 e. The van der Waals surface area contributed by atoms with Crippen LogP contribution in [0.25, 0.3) is 10.8 Å². The number of hydrogen-bond acceptors (Lipinski definition) is 5. The molecule has 1 amide bonds. The van der Waals surface area contributed by atoms with Crippen LogP contribution in [-0.2, 0) is 11.3 Å². The SMILES string of the molecule is CC(C)(C)C(=O)N1CCN(Cc2coc(-c3cccs3)n2)CC1. The van der Waals surface area contributed by atoms with E-state index >= 15 is 0 Å². The van der Waals surface area contributed by atoms with E-state index in [4.69, 9.17) is 4.42 Å². The summed E-state index contributed by atoms with van der Waals surface area (Å²) in [7, 11) is 0. The molecule has 23 heavy (non-hydrogen) atoms. The Bertz CT molecular complexity index is 650. The van der Waals surface area contributed by atoms with Crippen molar-refractivity contribution in [1.29, 1.82) is 0 Å². The lowest BCUT2D eigenvalue weighted by Gasteiger charge is -2.37. The van der Waals surface area contributed by atoms with Gasteiger partial charge in [0.15, 0.2) is 0 Å². The third-order valence-corrected chi connectivity index (χ3v) is 4.83. The normalized spacial score (nSPS) is 16.7. The molecule has 1 aliphatic rings. The van der Waals surface area contributed by atoms with E-state index in [-0.39, 0.29) is 11.3 Å². The van der Waals surface area contributed by atoms with E-state index in [2.05, 4.69) is 9.88 Å². The van der Waals surface area contributed by atoms with E-state index in [1.165, 1.54) is 0 Å². The van der Waals surface area contributed by atoms with Crippen LogP contribution in [0.4, 0.5) is 0 Å². The number of carbonyl (C=O) groups is 1. The summed E-state index contributed by atoms with van der Waals surface area (Å²) in [6, 6.07) is 4.01. The van der Waals surface area contributed by atoms with Gasteiger partial charge in [-0.2, -0.15) is 0 Å². The average Bonchev–Trinajstić information content (AvgIpc) is 3.17. The molecule has 0 aliphatic carbocycles. The van der Waals surface area contributed by atoms with Crippen molar-refractivity contribution >= 4 is 17.2 Å². The predicted octanol–water partition coefficient (Wildman–Crippen LogP) is 3.09. The van der Waals surface area contributed by atoms with Gasteiger partial charge in [0.25, 0.3) is 0 Å². The van der Waals surface area contributed by atoms with Crippen LogP contribution in [0.5, 0.6) is 0 Å². The highest BCUT2D eigenvalue weighted by Crippen LogP contribution is 2.24. The molecule has 6 heteroatoms. The average molecular weight is 333 g/mol.